The predicted octanol–water partition coefficient (Wildman–Crippen LogP) is 4.20. The van der Waals surface area contributed by atoms with E-state index >= 15 is 0 Å². The number of aliphatic hydroxyl groups is 5. The Morgan fingerprint density at radius 2 is 1.12 bits per heavy atom. The molecule has 2 fully saturated rings. The van der Waals surface area contributed by atoms with Gasteiger partial charge < -0.3 is 63.1 Å². The minimum atomic E-state index is -3.18. The van der Waals surface area contributed by atoms with Gasteiger partial charge in [0, 0.05) is 0 Å². The summed E-state index contributed by atoms with van der Waals surface area (Å²) in [5, 5.41) is 55.8. The van der Waals surface area contributed by atoms with Crippen LogP contribution in [0.3, 0.4) is 0 Å². The Balaban J connectivity index is 1.31. The average Bonchev–Trinajstić information content (AvgIpc) is 3.62. The number of aliphatic hydroxyl groups excluding tert-OH is 5. The Bertz CT molecular complexity index is 2090. The van der Waals surface area contributed by atoms with E-state index in [9.17, 15) is 25.5 Å². The Kier molecular flexibility index (Phi) is 16.9. The molecule has 13 nitrogen and oxygen atoms in total. The lowest BCUT2D eigenvalue weighted by Gasteiger charge is -2.45. The maximum Gasteiger partial charge on any atom is 0.261 e. The quantitative estimate of drug-likeness (QED) is 0.0403. The van der Waals surface area contributed by atoms with E-state index in [1.54, 1.807) is 0 Å². The molecule has 2 saturated heterocycles. The first kappa shape index (κ1) is 48.7. The molecule has 348 valence electrons. The maximum absolute atomic E-state index is 11.5. The Morgan fingerprint density at radius 1 is 0.631 bits per heavy atom. The maximum atomic E-state index is 11.5. The monoisotopic (exact) mass is 910 g/mol. The molecule has 7 rings (SSSR count). The summed E-state index contributed by atoms with van der Waals surface area (Å²) in [6.45, 7) is 5.59. The molecule has 5 aromatic carbocycles. The SMILES string of the molecule is CC(C)(C)[Si](OC[C@H]1O[C@@](COCOCc2ccccc2)(O[C@H]2O[C@H]([C@H](O)CO)[C@@H](O)[C@H](O)[C@H]2O)[C@@H](OCc2ccccc2)[C@@H]1OCc1ccccc1)(c1ccccc1)c1ccccc1. The number of ether oxygens (including phenoxy) is 7. The fourth-order valence-electron chi connectivity index (χ4n) is 8.69. The van der Waals surface area contributed by atoms with Gasteiger partial charge in [-0.1, -0.05) is 172 Å². The van der Waals surface area contributed by atoms with E-state index in [1.165, 1.54) is 0 Å². The van der Waals surface area contributed by atoms with Crippen molar-refractivity contribution in [1.29, 1.82) is 0 Å². The molecule has 0 bridgehead atoms. The van der Waals surface area contributed by atoms with Gasteiger partial charge in [0.1, 0.15) is 62.2 Å². The number of hydrogen-bond acceptors (Lipinski definition) is 13. The van der Waals surface area contributed by atoms with Crippen LogP contribution in [0.25, 0.3) is 0 Å². The zero-order chi connectivity index (χ0) is 45.9. The van der Waals surface area contributed by atoms with Crippen LogP contribution in [0.1, 0.15) is 37.5 Å². The highest BCUT2D eigenvalue weighted by molar-refractivity contribution is 6.99. The van der Waals surface area contributed by atoms with Crippen molar-refractivity contribution in [3.63, 3.8) is 0 Å². The highest BCUT2D eigenvalue weighted by Crippen LogP contribution is 2.43. The van der Waals surface area contributed by atoms with Gasteiger partial charge >= 0.3 is 0 Å². The first-order chi connectivity index (χ1) is 31.5. The molecule has 10 atom stereocenters. The van der Waals surface area contributed by atoms with Gasteiger partial charge in [0.15, 0.2) is 6.29 Å². The van der Waals surface area contributed by atoms with Crippen molar-refractivity contribution in [2.24, 2.45) is 0 Å². The van der Waals surface area contributed by atoms with E-state index in [4.69, 9.17) is 37.6 Å². The number of hydrogen-bond donors (Lipinski definition) is 5. The first-order valence-electron chi connectivity index (χ1n) is 22.1. The van der Waals surface area contributed by atoms with Crippen molar-refractivity contribution in [1.82, 2.24) is 0 Å². The van der Waals surface area contributed by atoms with Crippen molar-refractivity contribution in [3.05, 3.63) is 168 Å². The lowest BCUT2D eigenvalue weighted by molar-refractivity contribution is -0.394. The molecule has 0 amide bonds. The van der Waals surface area contributed by atoms with Crippen molar-refractivity contribution >= 4 is 18.7 Å². The van der Waals surface area contributed by atoms with E-state index in [1.807, 2.05) is 127 Å². The average molecular weight is 911 g/mol. The summed E-state index contributed by atoms with van der Waals surface area (Å²) in [7, 11) is -3.18. The normalized spacial score (nSPS) is 26.5. The van der Waals surface area contributed by atoms with Crippen molar-refractivity contribution < 1.29 is 63.1 Å². The first-order valence-corrected chi connectivity index (χ1v) is 24.0. The van der Waals surface area contributed by atoms with Gasteiger partial charge in [0.25, 0.3) is 8.32 Å². The van der Waals surface area contributed by atoms with E-state index in [2.05, 4.69) is 45.0 Å². The van der Waals surface area contributed by atoms with E-state index in [0.717, 1.165) is 27.1 Å². The standard InChI is InChI=1S/C51H62O13Si/c1-50(2,3)65(39-25-15-7-16-26-39,40-27-17-8-18-28-40)61-33-42-47(59-31-37-21-11-5-12-22-37)48(60-32-38-23-13-6-14-24-38)51(63-42,34-58-35-57-30-36-19-9-4-10-20-36)64-49-45(56)43(54)44(55)46(62-49)41(53)29-52/h4-28,41-49,52-56H,29-35H2,1-3H3/t41-,42-,43+,44+,45-,46-,47-,48+,49-,51+/m1/s1. The smallest absolute Gasteiger partial charge is 0.261 e. The summed E-state index contributed by atoms with van der Waals surface area (Å²) in [4.78, 5) is 0. The summed E-state index contributed by atoms with van der Waals surface area (Å²) < 4.78 is 53.3. The summed E-state index contributed by atoms with van der Waals surface area (Å²) in [5.74, 6) is -1.99. The molecule has 5 aromatic rings. The molecule has 0 radical (unpaired) electrons. The third-order valence-corrected chi connectivity index (χ3v) is 17.0. The lowest BCUT2D eigenvalue weighted by atomic mass is 9.95. The molecule has 0 saturated carbocycles. The van der Waals surface area contributed by atoms with Crippen LogP contribution in [-0.4, -0.2) is 121 Å². The fourth-order valence-corrected chi connectivity index (χ4v) is 13.3. The molecule has 2 aliphatic heterocycles. The summed E-state index contributed by atoms with van der Waals surface area (Å²) in [6.07, 6.45) is -13.4. The second kappa shape index (κ2) is 22.5. The van der Waals surface area contributed by atoms with Crippen LogP contribution >= 0.6 is 0 Å². The molecule has 0 aliphatic carbocycles. The van der Waals surface area contributed by atoms with Gasteiger partial charge in [-0.15, -0.1) is 0 Å². The summed E-state index contributed by atoms with van der Waals surface area (Å²) in [5.41, 5.74) is 2.65. The molecular formula is C51H62O13Si. The largest absolute Gasteiger partial charge is 0.405 e. The van der Waals surface area contributed by atoms with Gasteiger partial charge in [-0.3, -0.25) is 0 Å². The molecule has 5 N–H and O–H groups in total. The number of benzene rings is 5. The predicted molar refractivity (Wildman–Crippen MR) is 244 cm³/mol. The molecule has 0 unspecified atom stereocenters. The van der Waals surface area contributed by atoms with Crippen molar-refractivity contribution in [2.75, 3.05) is 26.6 Å². The van der Waals surface area contributed by atoms with Crippen LogP contribution in [-0.2, 0) is 57.4 Å². The van der Waals surface area contributed by atoms with Crippen LogP contribution < -0.4 is 10.4 Å². The Labute approximate surface area is 382 Å². The van der Waals surface area contributed by atoms with Crippen LogP contribution in [0.4, 0.5) is 0 Å². The number of rotatable bonds is 21. The Hall–Kier alpha value is -4.20. The molecule has 2 aliphatic rings. The summed E-state index contributed by atoms with van der Waals surface area (Å²) in [6, 6.07) is 49.2. The van der Waals surface area contributed by atoms with Crippen LogP contribution in [0.5, 0.6) is 0 Å². The Morgan fingerprint density at radius 3 is 1.63 bits per heavy atom. The van der Waals surface area contributed by atoms with Gasteiger partial charge in [-0.05, 0) is 32.1 Å². The van der Waals surface area contributed by atoms with E-state index in [0.29, 0.717) is 0 Å². The second-order valence-corrected chi connectivity index (χ2v) is 21.8. The van der Waals surface area contributed by atoms with Crippen molar-refractivity contribution in [2.45, 2.75) is 107 Å². The minimum absolute atomic E-state index is 0.0190. The summed E-state index contributed by atoms with van der Waals surface area (Å²) >= 11 is 0. The zero-order valence-corrected chi connectivity index (χ0v) is 38.1. The third kappa shape index (κ3) is 11.5. The minimum Gasteiger partial charge on any atom is -0.405 e. The van der Waals surface area contributed by atoms with E-state index < -0.39 is 80.9 Å². The molecule has 2 heterocycles. The lowest BCUT2D eigenvalue weighted by Crippen LogP contribution is -2.67. The highest BCUT2D eigenvalue weighted by Gasteiger charge is 2.62. The van der Waals surface area contributed by atoms with Crippen LogP contribution in [0.15, 0.2) is 152 Å². The van der Waals surface area contributed by atoms with Gasteiger partial charge in [-0.2, -0.15) is 0 Å². The van der Waals surface area contributed by atoms with E-state index in [-0.39, 0.29) is 39.8 Å². The molecule has 0 spiro atoms. The van der Waals surface area contributed by atoms with Crippen molar-refractivity contribution in [3.8, 4) is 0 Å². The van der Waals surface area contributed by atoms with Crippen LogP contribution in [0.2, 0.25) is 5.04 Å². The molecule has 14 heteroatoms. The zero-order valence-electron chi connectivity index (χ0n) is 37.1. The second-order valence-electron chi connectivity index (χ2n) is 17.5. The molecule has 0 aromatic heterocycles. The van der Waals surface area contributed by atoms with Gasteiger partial charge in [0.2, 0.25) is 5.79 Å². The third-order valence-electron chi connectivity index (χ3n) is 12.0. The van der Waals surface area contributed by atoms with Gasteiger partial charge in [0.05, 0.1) is 33.0 Å². The molecule has 65 heavy (non-hydrogen) atoms. The topological polar surface area (TPSA) is 175 Å². The fraction of sp³-hybridized carbons (Fsp3) is 0.412. The van der Waals surface area contributed by atoms with Crippen LogP contribution in [0, 0.1) is 0 Å². The van der Waals surface area contributed by atoms with Gasteiger partial charge in [-0.25, -0.2) is 0 Å². The molecular weight excluding hydrogens is 849 g/mol. The highest BCUT2D eigenvalue weighted by atomic mass is 28.4.